The van der Waals surface area contributed by atoms with Crippen LogP contribution in [-0.2, 0) is 17.5 Å². The summed E-state index contributed by atoms with van der Waals surface area (Å²) in [5, 5.41) is 9.08. The van der Waals surface area contributed by atoms with E-state index < -0.39 is 29.7 Å². The lowest BCUT2D eigenvalue weighted by molar-refractivity contribution is -0.144. The molecule has 0 saturated carbocycles. The summed E-state index contributed by atoms with van der Waals surface area (Å²) in [6, 6.07) is 10.9. The summed E-state index contributed by atoms with van der Waals surface area (Å²) in [5.41, 5.74) is 5.31. The van der Waals surface area contributed by atoms with Crippen LogP contribution in [0.1, 0.15) is 41.4 Å². The van der Waals surface area contributed by atoms with Gasteiger partial charge in [0.05, 0.1) is 5.56 Å². The fourth-order valence-corrected chi connectivity index (χ4v) is 3.93. The van der Waals surface area contributed by atoms with Crippen LogP contribution < -0.4 is 15.2 Å². The molecule has 1 atom stereocenters. The second kappa shape index (κ2) is 11.1. The predicted octanol–water partition coefficient (Wildman–Crippen LogP) is 4.50. The first-order chi connectivity index (χ1) is 18.0. The Morgan fingerprint density at radius 2 is 1.76 bits per heavy atom. The molecule has 0 aliphatic carbocycles. The molecule has 1 amide bonds. The monoisotopic (exact) mass is 530 g/mol. The van der Waals surface area contributed by atoms with Crippen molar-refractivity contribution in [2.75, 3.05) is 13.1 Å². The quantitative estimate of drug-likeness (QED) is 0.414. The molecule has 1 aliphatic heterocycles. The molecule has 2 heterocycles. The third kappa shape index (κ3) is 6.57. The van der Waals surface area contributed by atoms with E-state index in [1.165, 1.54) is 13.0 Å². The lowest BCUT2D eigenvalue weighted by Gasteiger charge is -2.19. The number of benzene rings is 2. The maximum Gasteiger partial charge on any atom is 0.416 e. The summed E-state index contributed by atoms with van der Waals surface area (Å²) in [6.45, 7) is 3.26. The second-order valence-electron chi connectivity index (χ2n) is 8.81. The molecule has 12 heteroatoms. The van der Waals surface area contributed by atoms with Crippen molar-refractivity contribution in [3.05, 3.63) is 65.4 Å². The van der Waals surface area contributed by atoms with Gasteiger partial charge in [-0.25, -0.2) is 9.78 Å². The lowest BCUT2D eigenvalue weighted by Crippen LogP contribution is -2.24. The van der Waals surface area contributed by atoms with Crippen LogP contribution in [0.15, 0.2) is 48.5 Å². The van der Waals surface area contributed by atoms with E-state index >= 15 is 0 Å². The highest BCUT2D eigenvalue weighted by atomic mass is 19.4. The van der Waals surface area contributed by atoms with E-state index in [0.717, 1.165) is 44.1 Å². The van der Waals surface area contributed by atoms with Gasteiger partial charge in [-0.2, -0.15) is 18.2 Å². The van der Waals surface area contributed by atoms with Crippen LogP contribution in [0.4, 0.5) is 13.2 Å². The number of alkyl halides is 3. The van der Waals surface area contributed by atoms with Crippen LogP contribution in [0.25, 0.3) is 11.4 Å². The number of carboxylic acid groups (broad SMARTS) is 1. The summed E-state index contributed by atoms with van der Waals surface area (Å²) >= 11 is 0. The third-order valence-corrected chi connectivity index (χ3v) is 5.92. The van der Waals surface area contributed by atoms with Crippen molar-refractivity contribution in [2.45, 2.75) is 38.6 Å². The molecule has 0 radical (unpaired) electrons. The fraction of sp³-hybridized carbons (Fsp3) is 0.308. The zero-order valence-electron chi connectivity index (χ0n) is 20.4. The van der Waals surface area contributed by atoms with E-state index in [1.807, 2.05) is 0 Å². The van der Waals surface area contributed by atoms with E-state index in [0.29, 0.717) is 29.2 Å². The van der Waals surface area contributed by atoms with Gasteiger partial charge in [0, 0.05) is 23.7 Å². The SMILES string of the molecule is CC(Oc1cc(C(N)=O)nc(-c2ccc(Oc3ccc(C(F)(F)F)cc3CN3CCCC3)cc2)n1)C(=O)O. The Kier molecular flexibility index (Phi) is 7.81. The smallest absolute Gasteiger partial charge is 0.416 e. The van der Waals surface area contributed by atoms with Crippen molar-refractivity contribution in [3.63, 3.8) is 0 Å². The highest BCUT2D eigenvalue weighted by Crippen LogP contribution is 2.35. The topological polar surface area (TPSA) is 128 Å². The van der Waals surface area contributed by atoms with Gasteiger partial charge in [-0.15, -0.1) is 0 Å². The van der Waals surface area contributed by atoms with E-state index in [4.69, 9.17) is 20.3 Å². The molecule has 38 heavy (non-hydrogen) atoms. The van der Waals surface area contributed by atoms with Crippen molar-refractivity contribution >= 4 is 11.9 Å². The maximum atomic E-state index is 13.3. The van der Waals surface area contributed by atoms with Gasteiger partial charge in [0.2, 0.25) is 5.88 Å². The van der Waals surface area contributed by atoms with Crippen LogP contribution in [0.2, 0.25) is 0 Å². The molecule has 1 aromatic heterocycles. The molecule has 1 saturated heterocycles. The van der Waals surface area contributed by atoms with E-state index in [-0.39, 0.29) is 17.4 Å². The first kappa shape index (κ1) is 26.9. The standard InChI is InChI=1S/C26H25F3N4O5/c1-15(25(35)36)37-22-13-20(23(30)34)31-24(32-22)16-4-7-19(8-5-16)38-21-9-6-18(26(27,28)29)12-17(21)14-33-10-2-3-11-33/h4-9,12-13,15H,2-3,10-11,14H2,1H3,(H2,30,34)(H,35,36). The number of nitrogens with zero attached hydrogens (tertiary/aromatic N) is 3. The average molecular weight is 531 g/mol. The molecular formula is C26H25F3N4O5. The van der Waals surface area contributed by atoms with Crippen molar-refractivity contribution in [2.24, 2.45) is 5.73 Å². The van der Waals surface area contributed by atoms with Crippen molar-refractivity contribution in [3.8, 4) is 28.8 Å². The van der Waals surface area contributed by atoms with Crippen LogP contribution in [0, 0.1) is 0 Å². The number of aromatic nitrogens is 2. The number of carbonyl (C=O) groups is 2. The van der Waals surface area contributed by atoms with Gasteiger partial charge >= 0.3 is 12.1 Å². The van der Waals surface area contributed by atoms with Gasteiger partial charge in [0.25, 0.3) is 5.91 Å². The maximum absolute atomic E-state index is 13.3. The number of rotatable bonds is 9. The van der Waals surface area contributed by atoms with Crippen molar-refractivity contribution in [1.82, 2.24) is 14.9 Å². The summed E-state index contributed by atoms with van der Waals surface area (Å²) in [7, 11) is 0. The number of halogens is 3. The zero-order chi connectivity index (χ0) is 27.4. The number of ether oxygens (including phenoxy) is 2. The van der Waals surface area contributed by atoms with E-state index in [9.17, 15) is 22.8 Å². The minimum absolute atomic E-state index is 0.0599. The second-order valence-corrected chi connectivity index (χ2v) is 8.81. The highest BCUT2D eigenvalue weighted by Gasteiger charge is 2.31. The van der Waals surface area contributed by atoms with Gasteiger partial charge in [-0.1, -0.05) is 0 Å². The van der Waals surface area contributed by atoms with E-state index in [1.54, 1.807) is 24.3 Å². The number of hydrogen-bond acceptors (Lipinski definition) is 7. The van der Waals surface area contributed by atoms with Crippen LogP contribution in [0.5, 0.6) is 17.4 Å². The average Bonchev–Trinajstić information content (AvgIpc) is 3.37. The Hall–Kier alpha value is -4.19. The molecule has 3 aromatic rings. The summed E-state index contributed by atoms with van der Waals surface area (Å²) < 4.78 is 51.2. The van der Waals surface area contributed by atoms with Crippen LogP contribution in [-0.4, -0.2) is 51.0 Å². The molecule has 0 spiro atoms. The van der Waals surface area contributed by atoms with Crippen LogP contribution in [0.3, 0.4) is 0 Å². The molecule has 200 valence electrons. The van der Waals surface area contributed by atoms with Gasteiger partial charge in [0.15, 0.2) is 11.9 Å². The number of aliphatic carboxylic acids is 1. The largest absolute Gasteiger partial charge is 0.479 e. The first-order valence-corrected chi connectivity index (χ1v) is 11.8. The Labute approximate surface area is 216 Å². The number of primary amides is 1. The minimum Gasteiger partial charge on any atom is -0.479 e. The Bertz CT molecular complexity index is 1330. The number of amides is 1. The minimum atomic E-state index is -4.47. The third-order valence-electron chi connectivity index (χ3n) is 5.92. The molecule has 9 nitrogen and oxygen atoms in total. The summed E-state index contributed by atoms with van der Waals surface area (Å²) in [5.74, 6) is -1.49. The fourth-order valence-electron chi connectivity index (χ4n) is 3.93. The Balaban J connectivity index is 1.59. The molecule has 2 aromatic carbocycles. The molecule has 1 unspecified atom stereocenters. The highest BCUT2D eigenvalue weighted by molar-refractivity contribution is 5.91. The molecule has 3 N–H and O–H groups in total. The summed E-state index contributed by atoms with van der Waals surface area (Å²) in [4.78, 5) is 33.2. The number of carbonyl (C=O) groups excluding carboxylic acids is 1. The number of likely N-dealkylation sites (tertiary alicyclic amines) is 1. The van der Waals surface area contributed by atoms with Gasteiger partial charge in [0.1, 0.15) is 17.2 Å². The number of hydrogen-bond donors (Lipinski definition) is 2. The lowest BCUT2D eigenvalue weighted by atomic mass is 10.1. The van der Waals surface area contributed by atoms with E-state index in [2.05, 4.69) is 14.9 Å². The Morgan fingerprint density at radius 3 is 2.37 bits per heavy atom. The predicted molar refractivity (Wildman–Crippen MR) is 130 cm³/mol. The normalized spacial score (nSPS) is 14.7. The van der Waals surface area contributed by atoms with Gasteiger partial charge < -0.3 is 20.3 Å². The number of carboxylic acids is 1. The van der Waals surface area contributed by atoms with Crippen molar-refractivity contribution < 1.29 is 37.3 Å². The number of nitrogens with two attached hydrogens (primary N) is 1. The molecule has 1 aliphatic rings. The van der Waals surface area contributed by atoms with Crippen molar-refractivity contribution in [1.29, 1.82) is 0 Å². The molecule has 1 fully saturated rings. The zero-order valence-corrected chi connectivity index (χ0v) is 20.4. The molecule has 4 rings (SSSR count). The Morgan fingerprint density at radius 1 is 1.08 bits per heavy atom. The molecular weight excluding hydrogens is 505 g/mol. The molecule has 0 bridgehead atoms. The van der Waals surface area contributed by atoms with Crippen LogP contribution >= 0.6 is 0 Å². The summed E-state index contributed by atoms with van der Waals surface area (Å²) in [6.07, 6.45) is -3.70. The van der Waals surface area contributed by atoms with Gasteiger partial charge in [-0.3, -0.25) is 9.69 Å². The first-order valence-electron chi connectivity index (χ1n) is 11.8. The van der Waals surface area contributed by atoms with Gasteiger partial charge in [-0.05, 0) is 75.3 Å².